The summed E-state index contributed by atoms with van der Waals surface area (Å²) in [5, 5.41) is 1.93. The van der Waals surface area contributed by atoms with Gasteiger partial charge in [-0.1, -0.05) is 18.2 Å². The van der Waals surface area contributed by atoms with E-state index in [1.165, 1.54) is 28.4 Å². The third-order valence-corrected chi connectivity index (χ3v) is 7.23. The number of thiophene rings is 1. The number of nitrogens with zero attached hydrogens (tertiary/aromatic N) is 3. The van der Waals surface area contributed by atoms with E-state index in [-0.39, 0.29) is 24.3 Å². The number of carbonyl (C=O) groups excluding carboxylic acids is 3. The Morgan fingerprint density at radius 2 is 1.85 bits per heavy atom. The molecule has 5 rings (SSSR count). The number of anilines is 2. The van der Waals surface area contributed by atoms with Crippen LogP contribution in [0.25, 0.3) is 0 Å². The maximum absolute atomic E-state index is 13.6. The lowest BCUT2D eigenvalue weighted by Crippen LogP contribution is -2.64. The van der Waals surface area contributed by atoms with Crippen LogP contribution in [-0.2, 0) is 16.1 Å². The molecule has 0 radical (unpaired) electrons. The van der Waals surface area contributed by atoms with E-state index in [1.54, 1.807) is 46.2 Å². The van der Waals surface area contributed by atoms with E-state index in [9.17, 15) is 18.8 Å². The number of amides is 3. The molecule has 3 heterocycles. The summed E-state index contributed by atoms with van der Waals surface area (Å²) in [5.41, 5.74) is 0.620. The second kappa shape index (κ2) is 8.12. The molecular formula is C25H22FN3O3S. The van der Waals surface area contributed by atoms with Crippen LogP contribution in [-0.4, -0.2) is 34.8 Å². The topological polar surface area (TPSA) is 60.9 Å². The maximum Gasteiger partial charge on any atom is 0.258 e. The zero-order valence-electron chi connectivity index (χ0n) is 18.0. The molecule has 0 saturated carbocycles. The number of rotatable bonds is 5. The highest BCUT2D eigenvalue weighted by atomic mass is 32.1. The SMILES string of the molecule is CC12CCC(=O)N1c1ccccc1C(=O)N2CC(=O)N(Cc1cccs1)c1ccc(F)cc1. The van der Waals surface area contributed by atoms with Crippen LogP contribution in [0.3, 0.4) is 0 Å². The molecule has 2 aliphatic rings. The Kier molecular flexibility index (Phi) is 5.25. The summed E-state index contributed by atoms with van der Waals surface area (Å²) in [6.45, 7) is 1.94. The van der Waals surface area contributed by atoms with E-state index < -0.39 is 11.5 Å². The molecule has 8 heteroatoms. The van der Waals surface area contributed by atoms with Crippen molar-refractivity contribution in [3.8, 4) is 0 Å². The first-order chi connectivity index (χ1) is 15.9. The van der Waals surface area contributed by atoms with Gasteiger partial charge < -0.3 is 9.80 Å². The molecule has 0 spiro atoms. The average Bonchev–Trinajstić information content (AvgIpc) is 3.43. The van der Waals surface area contributed by atoms with E-state index >= 15 is 0 Å². The molecule has 33 heavy (non-hydrogen) atoms. The Bertz CT molecular complexity index is 1230. The zero-order chi connectivity index (χ0) is 23.2. The predicted octanol–water partition coefficient (Wildman–Crippen LogP) is 4.42. The van der Waals surface area contributed by atoms with Crippen molar-refractivity contribution in [2.75, 3.05) is 16.3 Å². The molecule has 0 aliphatic carbocycles. The minimum Gasteiger partial charge on any atom is -0.306 e. The fraction of sp³-hybridized carbons (Fsp3) is 0.240. The Hall–Kier alpha value is -3.52. The minimum absolute atomic E-state index is 0.0659. The summed E-state index contributed by atoms with van der Waals surface area (Å²) in [6.07, 6.45) is 0.750. The highest BCUT2D eigenvalue weighted by molar-refractivity contribution is 7.09. The monoisotopic (exact) mass is 463 g/mol. The molecule has 1 saturated heterocycles. The first-order valence-electron chi connectivity index (χ1n) is 10.7. The number of para-hydroxylation sites is 1. The summed E-state index contributed by atoms with van der Waals surface area (Å²) in [5.74, 6) is -1.03. The molecule has 0 N–H and O–H groups in total. The van der Waals surface area contributed by atoms with Crippen molar-refractivity contribution in [3.05, 3.63) is 82.3 Å². The molecule has 1 aromatic heterocycles. The van der Waals surface area contributed by atoms with Gasteiger partial charge in [0, 0.05) is 17.0 Å². The lowest BCUT2D eigenvalue weighted by molar-refractivity contribution is -0.122. The van der Waals surface area contributed by atoms with Crippen molar-refractivity contribution >= 4 is 40.4 Å². The van der Waals surface area contributed by atoms with E-state index in [2.05, 4.69) is 0 Å². The summed E-state index contributed by atoms with van der Waals surface area (Å²) in [4.78, 5) is 45.6. The lowest BCUT2D eigenvalue weighted by Gasteiger charge is -2.48. The first-order valence-corrected chi connectivity index (χ1v) is 11.6. The molecule has 2 aliphatic heterocycles. The highest BCUT2D eigenvalue weighted by Crippen LogP contribution is 2.44. The lowest BCUT2D eigenvalue weighted by atomic mass is 9.98. The van der Waals surface area contributed by atoms with Crippen molar-refractivity contribution in [2.45, 2.75) is 32.0 Å². The molecule has 1 fully saturated rings. The van der Waals surface area contributed by atoms with Crippen LogP contribution in [0.5, 0.6) is 0 Å². The van der Waals surface area contributed by atoms with E-state index in [4.69, 9.17) is 0 Å². The maximum atomic E-state index is 13.6. The van der Waals surface area contributed by atoms with Gasteiger partial charge in [-0.15, -0.1) is 11.3 Å². The average molecular weight is 464 g/mol. The van der Waals surface area contributed by atoms with E-state index in [0.29, 0.717) is 36.3 Å². The summed E-state index contributed by atoms with van der Waals surface area (Å²) in [7, 11) is 0. The predicted molar refractivity (Wildman–Crippen MR) is 125 cm³/mol. The largest absolute Gasteiger partial charge is 0.306 e. The van der Waals surface area contributed by atoms with Crippen molar-refractivity contribution in [1.82, 2.24) is 4.90 Å². The Morgan fingerprint density at radius 3 is 2.58 bits per heavy atom. The van der Waals surface area contributed by atoms with Crippen LogP contribution in [0.15, 0.2) is 66.0 Å². The normalized spacial score (nSPS) is 19.5. The highest BCUT2D eigenvalue weighted by Gasteiger charge is 2.53. The van der Waals surface area contributed by atoms with Crippen LogP contribution in [0, 0.1) is 5.82 Å². The number of hydrogen-bond acceptors (Lipinski definition) is 4. The van der Waals surface area contributed by atoms with Crippen LogP contribution in [0.1, 0.15) is 35.0 Å². The van der Waals surface area contributed by atoms with Gasteiger partial charge in [-0.05, 0) is 61.2 Å². The van der Waals surface area contributed by atoms with Crippen LogP contribution >= 0.6 is 11.3 Å². The third-order valence-electron chi connectivity index (χ3n) is 6.37. The Balaban J connectivity index is 1.50. The Morgan fingerprint density at radius 1 is 1.09 bits per heavy atom. The van der Waals surface area contributed by atoms with Gasteiger partial charge in [0.2, 0.25) is 11.8 Å². The summed E-state index contributed by atoms with van der Waals surface area (Å²) >= 11 is 1.52. The smallest absolute Gasteiger partial charge is 0.258 e. The molecule has 2 aromatic carbocycles. The van der Waals surface area contributed by atoms with Gasteiger partial charge in [0.05, 0.1) is 17.8 Å². The second-order valence-corrected chi connectivity index (χ2v) is 9.42. The van der Waals surface area contributed by atoms with Gasteiger partial charge in [0.15, 0.2) is 0 Å². The number of carbonyl (C=O) groups is 3. The van der Waals surface area contributed by atoms with Crippen LogP contribution < -0.4 is 9.80 Å². The number of benzene rings is 2. The molecule has 0 bridgehead atoms. The van der Waals surface area contributed by atoms with Crippen LogP contribution in [0.2, 0.25) is 0 Å². The molecular weight excluding hydrogens is 441 g/mol. The zero-order valence-corrected chi connectivity index (χ0v) is 18.8. The molecule has 3 aromatic rings. The number of hydrogen-bond donors (Lipinski definition) is 0. The van der Waals surface area contributed by atoms with Crippen molar-refractivity contribution in [1.29, 1.82) is 0 Å². The van der Waals surface area contributed by atoms with E-state index in [1.807, 2.05) is 24.4 Å². The number of fused-ring (bicyclic) bond motifs is 3. The van der Waals surface area contributed by atoms with Gasteiger partial charge in [0.25, 0.3) is 5.91 Å². The molecule has 6 nitrogen and oxygen atoms in total. The minimum atomic E-state index is -0.921. The van der Waals surface area contributed by atoms with Gasteiger partial charge in [-0.25, -0.2) is 4.39 Å². The number of halogens is 1. The summed E-state index contributed by atoms with van der Waals surface area (Å²) < 4.78 is 13.5. The van der Waals surface area contributed by atoms with E-state index in [0.717, 1.165) is 4.88 Å². The summed E-state index contributed by atoms with van der Waals surface area (Å²) in [6, 6.07) is 16.6. The first kappa shape index (κ1) is 21.3. The quantitative estimate of drug-likeness (QED) is 0.563. The van der Waals surface area contributed by atoms with Gasteiger partial charge >= 0.3 is 0 Å². The van der Waals surface area contributed by atoms with Gasteiger partial charge in [0.1, 0.15) is 18.0 Å². The van der Waals surface area contributed by atoms with Gasteiger partial charge in [-0.2, -0.15) is 0 Å². The van der Waals surface area contributed by atoms with Gasteiger partial charge in [-0.3, -0.25) is 19.3 Å². The molecule has 1 atom stereocenters. The standard InChI is InChI=1S/C25H22FN3O3S/c1-25-13-12-22(30)29(25)21-7-3-2-6-20(21)24(32)28(25)16-23(31)27(15-19-5-4-14-33-19)18-10-8-17(26)9-11-18/h2-11,14H,12-13,15-16H2,1H3. The Labute approximate surface area is 194 Å². The van der Waals surface area contributed by atoms with Crippen molar-refractivity contribution < 1.29 is 18.8 Å². The molecule has 168 valence electrons. The van der Waals surface area contributed by atoms with Crippen molar-refractivity contribution in [3.63, 3.8) is 0 Å². The fourth-order valence-electron chi connectivity index (χ4n) is 4.66. The van der Waals surface area contributed by atoms with Crippen molar-refractivity contribution in [2.24, 2.45) is 0 Å². The third kappa shape index (κ3) is 3.60. The fourth-order valence-corrected chi connectivity index (χ4v) is 5.36. The molecule has 3 amide bonds. The van der Waals surface area contributed by atoms with Crippen LogP contribution in [0.4, 0.5) is 15.8 Å². The molecule has 1 unspecified atom stereocenters. The second-order valence-electron chi connectivity index (χ2n) is 8.39.